The lowest BCUT2D eigenvalue weighted by Gasteiger charge is -2.27. The highest BCUT2D eigenvalue weighted by atomic mass is 14.9. The molecular formula is C14H21N. The van der Waals surface area contributed by atoms with E-state index in [1.54, 1.807) is 0 Å². The van der Waals surface area contributed by atoms with Gasteiger partial charge in [-0.2, -0.15) is 0 Å². The molecule has 82 valence electrons. The van der Waals surface area contributed by atoms with Crippen molar-refractivity contribution in [2.24, 2.45) is 11.3 Å². The van der Waals surface area contributed by atoms with E-state index in [9.17, 15) is 0 Å². The molecule has 1 aliphatic rings. The second-order valence-electron chi connectivity index (χ2n) is 5.32. The molecule has 1 nitrogen and oxygen atoms in total. The molecule has 0 spiro atoms. The molecule has 0 saturated heterocycles. The maximum atomic E-state index is 3.54. The summed E-state index contributed by atoms with van der Waals surface area (Å²) in [5.41, 5.74) is 1.78. The van der Waals surface area contributed by atoms with Crippen LogP contribution in [0.25, 0.3) is 0 Å². The first kappa shape index (κ1) is 10.5. The summed E-state index contributed by atoms with van der Waals surface area (Å²) in [6.07, 6.45) is 4.16. The first-order chi connectivity index (χ1) is 7.18. The molecule has 15 heavy (non-hydrogen) atoms. The highest BCUT2D eigenvalue weighted by Crippen LogP contribution is 2.42. The largest absolute Gasteiger partial charge is 0.385 e. The molecule has 1 aromatic carbocycles. The Morgan fingerprint density at radius 2 is 2.00 bits per heavy atom. The van der Waals surface area contributed by atoms with Crippen LogP contribution in [0.5, 0.6) is 0 Å². The van der Waals surface area contributed by atoms with Crippen molar-refractivity contribution in [3.05, 3.63) is 30.3 Å². The molecule has 0 aliphatic heterocycles. The first-order valence-electron chi connectivity index (χ1n) is 5.97. The van der Waals surface area contributed by atoms with Crippen molar-refractivity contribution in [3.63, 3.8) is 0 Å². The normalized spacial score (nSPS) is 24.0. The quantitative estimate of drug-likeness (QED) is 0.785. The van der Waals surface area contributed by atoms with Gasteiger partial charge in [0.1, 0.15) is 0 Å². The number of para-hydroxylation sites is 1. The summed E-state index contributed by atoms with van der Waals surface area (Å²) in [5.74, 6) is 0.831. The molecule has 1 N–H and O–H groups in total. The minimum absolute atomic E-state index is 0.530. The third-order valence-electron chi connectivity index (χ3n) is 3.81. The van der Waals surface area contributed by atoms with Gasteiger partial charge in [-0.25, -0.2) is 0 Å². The van der Waals surface area contributed by atoms with Crippen molar-refractivity contribution >= 4 is 5.69 Å². The first-order valence-corrected chi connectivity index (χ1v) is 5.97. The van der Waals surface area contributed by atoms with E-state index in [2.05, 4.69) is 49.5 Å². The van der Waals surface area contributed by atoms with Gasteiger partial charge in [0.25, 0.3) is 0 Å². The van der Waals surface area contributed by atoms with Gasteiger partial charge in [0.05, 0.1) is 0 Å². The molecule has 0 amide bonds. The summed E-state index contributed by atoms with van der Waals surface area (Å²) in [6, 6.07) is 10.5. The smallest absolute Gasteiger partial charge is 0.0340 e. The standard InChI is InChI=1S/C14H21N/c1-14(2)10-6-7-12(14)11-15-13-8-4-3-5-9-13/h3-5,8-9,12,15H,6-7,10-11H2,1-2H3. The Hall–Kier alpha value is -0.980. The van der Waals surface area contributed by atoms with E-state index < -0.39 is 0 Å². The van der Waals surface area contributed by atoms with Gasteiger partial charge in [-0.15, -0.1) is 0 Å². The van der Waals surface area contributed by atoms with Gasteiger partial charge in [-0.05, 0) is 36.3 Å². The lowest BCUT2D eigenvalue weighted by atomic mass is 9.82. The lowest BCUT2D eigenvalue weighted by molar-refractivity contribution is 0.272. The maximum Gasteiger partial charge on any atom is 0.0340 e. The van der Waals surface area contributed by atoms with Gasteiger partial charge >= 0.3 is 0 Å². The Labute approximate surface area is 92.9 Å². The molecule has 1 saturated carbocycles. The summed E-state index contributed by atoms with van der Waals surface area (Å²) < 4.78 is 0. The number of benzene rings is 1. The molecule has 2 rings (SSSR count). The number of rotatable bonds is 3. The lowest BCUT2D eigenvalue weighted by Crippen LogP contribution is -2.24. The Bertz CT molecular complexity index is 302. The summed E-state index contributed by atoms with van der Waals surface area (Å²) in [5, 5.41) is 3.54. The zero-order valence-electron chi connectivity index (χ0n) is 9.79. The molecule has 0 aromatic heterocycles. The van der Waals surface area contributed by atoms with Crippen LogP contribution in [-0.4, -0.2) is 6.54 Å². The Balaban J connectivity index is 1.89. The number of hydrogen-bond acceptors (Lipinski definition) is 1. The number of hydrogen-bond donors (Lipinski definition) is 1. The van der Waals surface area contributed by atoms with Crippen LogP contribution < -0.4 is 5.32 Å². The minimum atomic E-state index is 0.530. The highest BCUT2D eigenvalue weighted by Gasteiger charge is 2.33. The zero-order chi connectivity index (χ0) is 10.7. The topological polar surface area (TPSA) is 12.0 Å². The molecule has 0 heterocycles. The summed E-state index contributed by atoms with van der Waals surface area (Å²) >= 11 is 0. The minimum Gasteiger partial charge on any atom is -0.385 e. The predicted molar refractivity (Wildman–Crippen MR) is 66.1 cm³/mol. The average molecular weight is 203 g/mol. The Kier molecular flexibility index (Phi) is 2.99. The third-order valence-corrected chi connectivity index (χ3v) is 3.81. The van der Waals surface area contributed by atoms with Crippen molar-refractivity contribution in [1.29, 1.82) is 0 Å². The van der Waals surface area contributed by atoms with Gasteiger partial charge in [0, 0.05) is 12.2 Å². The summed E-state index contributed by atoms with van der Waals surface area (Å²) in [6.45, 7) is 5.92. The van der Waals surface area contributed by atoms with Crippen molar-refractivity contribution in [1.82, 2.24) is 0 Å². The van der Waals surface area contributed by atoms with Crippen LogP contribution >= 0.6 is 0 Å². The molecule has 0 bridgehead atoms. The fourth-order valence-electron chi connectivity index (χ4n) is 2.57. The van der Waals surface area contributed by atoms with Gasteiger partial charge in [0.2, 0.25) is 0 Å². The van der Waals surface area contributed by atoms with Gasteiger partial charge in [0.15, 0.2) is 0 Å². The van der Waals surface area contributed by atoms with E-state index in [-0.39, 0.29) is 0 Å². The predicted octanol–water partition coefficient (Wildman–Crippen LogP) is 3.92. The van der Waals surface area contributed by atoms with Gasteiger partial charge < -0.3 is 5.32 Å². The highest BCUT2D eigenvalue weighted by molar-refractivity contribution is 5.42. The number of nitrogens with one attached hydrogen (secondary N) is 1. The Morgan fingerprint density at radius 3 is 2.60 bits per heavy atom. The van der Waals surface area contributed by atoms with Gasteiger partial charge in [-0.1, -0.05) is 38.5 Å². The summed E-state index contributed by atoms with van der Waals surface area (Å²) in [7, 11) is 0. The molecule has 1 unspecified atom stereocenters. The van der Waals surface area contributed by atoms with Crippen molar-refractivity contribution in [2.45, 2.75) is 33.1 Å². The van der Waals surface area contributed by atoms with Crippen molar-refractivity contribution < 1.29 is 0 Å². The van der Waals surface area contributed by atoms with Crippen LogP contribution in [0, 0.1) is 11.3 Å². The SMILES string of the molecule is CC1(C)CCCC1CNc1ccccc1. The molecule has 1 aliphatic carbocycles. The average Bonchev–Trinajstić information content (AvgIpc) is 2.56. The van der Waals surface area contributed by atoms with Crippen LogP contribution in [-0.2, 0) is 0 Å². The van der Waals surface area contributed by atoms with E-state index in [0.29, 0.717) is 5.41 Å². The fourth-order valence-corrected chi connectivity index (χ4v) is 2.57. The molecule has 1 fully saturated rings. The molecule has 1 aromatic rings. The molecule has 1 atom stereocenters. The second kappa shape index (κ2) is 4.26. The third kappa shape index (κ3) is 2.53. The maximum absolute atomic E-state index is 3.54. The van der Waals surface area contributed by atoms with Crippen molar-refractivity contribution in [3.8, 4) is 0 Å². The molecule has 0 radical (unpaired) electrons. The molecule has 1 heteroatoms. The summed E-state index contributed by atoms with van der Waals surface area (Å²) in [4.78, 5) is 0. The second-order valence-corrected chi connectivity index (χ2v) is 5.32. The van der Waals surface area contributed by atoms with E-state index >= 15 is 0 Å². The monoisotopic (exact) mass is 203 g/mol. The van der Waals surface area contributed by atoms with Crippen LogP contribution in [0.15, 0.2) is 30.3 Å². The van der Waals surface area contributed by atoms with E-state index in [1.807, 2.05) is 0 Å². The van der Waals surface area contributed by atoms with E-state index in [1.165, 1.54) is 24.9 Å². The zero-order valence-corrected chi connectivity index (χ0v) is 9.79. The molecular weight excluding hydrogens is 182 g/mol. The fraction of sp³-hybridized carbons (Fsp3) is 0.571. The Morgan fingerprint density at radius 1 is 1.27 bits per heavy atom. The van der Waals surface area contributed by atoms with Crippen LogP contribution in [0.4, 0.5) is 5.69 Å². The van der Waals surface area contributed by atoms with Crippen LogP contribution in [0.2, 0.25) is 0 Å². The van der Waals surface area contributed by atoms with Crippen LogP contribution in [0.1, 0.15) is 33.1 Å². The van der Waals surface area contributed by atoms with Gasteiger partial charge in [-0.3, -0.25) is 0 Å². The van der Waals surface area contributed by atoms with Crippen molar-refractivity contribution in [2.75, 3.05) is 11.9 Å². The van der Waals surface area contributed by atoms with E-state index in [0.717, 1.165) is 12.5 Å². The van der Waals surface area contributed by atoms with E-state index in [4.69, 9.17) is 0 Å². The number of anilines is 1. The van der Waals surface area contributed by atoms with Crippen LogP contribution in [0.3, 0.4) is 0 Å².